The number of carbonyl (C=O) groups is 1. The van der Waals surface area contributed by atoms with Gasteiger partial charge in [-0.1, -0.05) is 6.07 Å². The largest absolute Gasteiger partial charge is 0.343 e. The molecule has 0 saturated heterocycles. The van der Waals surface area contributed by atoms with Crippen LogP contribution in [0.2, 0.25) is 0 Å². The van der Waals surface area contributed by atoms with Crippen LogP contribution in [0.4, 0.5) is 0 Å². The van der Waals surface area contributed by atoms with Crippen molar-refractivity contribution in [2.45, 2.75) is 33.7 Å². The SMILES string of the molecule is CCN(CC)C(=O)CCNCc1ccc(C#N)cc1C. The first-order valence-electron chi connectivity index (χ1n) is 7.10. The zero-order valence-corrected chi connectivity index (χ0v) is 12.6. The quantitative estimate of drug-likeness (QED) is 0.775. The Bertz CT molecular complexity index is 487. The minimum absolute atomic E-state index is 0.194. The lowest BCUT2D eigenvalue weighted by Crippen LogP contribution is -2.32. The van der Waals surface area contributed by atoms with E-state index in [9.17, 15) is 4.79 Å². The van der Waals surface area contributed by atoms with Gasteiger partial charge in [-0.3, -0.25) is 4.79 Å². The molecule has 0 aliphatic rings. The maximum Gasteiger partial charge on any atom is 0.223 e. The van der Waals surface area contributed by atoms with E-state index in [1.807, 2.05) is 43.9 Å². The van der Waals surface area contributed by atoms with Crippen LogP contribution in [0.15, 0.2) is 18.2 Å². The molecule has 1 amide bonds. The van der Waals surface area contributed by atoms with E-state index in [1.54, 1.807) is 0 Å². The summed E-state index contributed by atoms with van der Waals surface area (Å²) < 4.78 is 0. The van der Waals surface area contributed by atoms with E-state index in [0.29, 0.717) is 18.5 Å². The Morgan fingerprint density at radius 2 is 2.05 bits per heavy atom. The molecule has 0 aliphatic carbocycles. The standard InChI is InChI=1S/C16H23N3O/c1-4-19(5-2)16(20)8-9-18-12-15-7-6-14(11-17)10-13(15)3/h6-7,10,18H,4-5,8-9,12H2,1-3H3. The average Bonchev–Trinajstić information content (AvgIpc) is 2.46. The molecule has 0 radical (unpaired) electrons. The molecule has 108 valence electrons. The number of nitriles is 1. The van der Waals surface area contributed by atoms with Crippen LogP contribution in [0.25, 0.3) is 0 Å². The van der Waals surface area contributed by atoms with Gasteiger partial charge in [0.05, 0.1) is 11.6 Å². The summed E-state index contributed by atoms with van der Waals surface area (Å²) >= 11 is 0. The first kappa shape index (κ1) is 16.2. The molecule has 0 fully saturated rings. The van der Waals surface area contributed by atoms with E-state index < -0.39 is 0 Å². The van der Waals surface area contributed by atoms with Gasteiger partial charge in [-0.25, -0.2) is 0 Å². The number of benzene rings is 1. The van der Waals surface area contributed by atoms with Crippen LogP contribution < -0.4 is 5.32 Å². The third-order valence-corrected chi connectivity index (χ3v) is 3.42. The number of nitrogens with one attached hydrogen (secondary N) is 1. The van der Waals surface area contributed by atoms with Gasteiger partial charge in [0.15, 0.2) is 0 Å². The maximum atomic E-state index is 11.8. The molecule has 0 saturated carbocycles. The lowest BCUT2D eigenvalue weighted by atomic mass is 10.1. The first-order valence-corrected chi connectivity index (χ1v) is 7.10. The minimum atomic E-state index is 0.194. The van der Waals surface area contributed by atoms with Gasteiger partial charge in [-0.2, -0.15) is 5.26 Å². The lowest BCUT2D eigenvalue weighted by Gasteiger charge is -2.18. The Labute approximate surface area is 121 Å². The van der Waals surface area contributed by atoms with Gasteiger partial charge < -0.3 is 10.2 Å². The van der Waals surface area contributed by atoms with Crippen molar-refractivity contribution in [1.82, 2.24) is 10.2 Å². The maximum absolute atomic E-state index is 11.8. The third-order valence-electron chi connectivity index (χ3n) is 3.42. The summed E-state index contributed by atoms with van der Waals surface area (Å²) in [5, 5.41) is 12.1. The number of amides is 1. The fourth-order valence-electron chi connectivity index (χ4n) is 2.12. The van der Waals surface area contributed by atoms with Crippen molar-refractivity contribution in [3.05, 3.63) is 34.9 Å². The molecule has 1 rings (SSSR count). The van der Waals surface area contributed by atoms with Crippen LogP contribution in [0.1, 0.15) is 37.0 Å². The number of hydrogen-bond acceptors (Lipinski definition) is 3. The molecule has 20 heavy (non-hydrogen) atoms. The van der Waals surface area contributed by atoms with Crippen molar-refractivity contribution < 1.29 is 4.79 Å². The highest BCUT2D eigenvalue weighted by atomic mass is 16.2. The Balaban J connectivity index is 2.38. The summed E-state index contributed by atoms with van der Waals surface area (Å²) in [5.41, 5.74) is 2.95. The Kier molecular flexibility index (Phi) is 6.75. The first-order chi connectivity index (χ1) is 9.62. The van der Waals surface area contributed by atoms with Crippen molar-refractivity contribution >= 4 is 5.91 Å². The van der Waals surface area contributed by atoms with Crippen LogP contribution in [-0.2, 0) is 11.3 Å². The second-order valence-electron chi connectivity index (χ2n) is 4.75. The smallest absolute Gasteiger partial charge is 0.223 e. The Hall–Kier alpha value is -1.86. The van der Waals surface area contributed by atoms with Crippen molar-refractivity contribution in [2.24, 2.45) is 0 Å². The molecule has 0 bridgehead atoms. The Morgan fingerprint density at radius 3 is 2.60 bits per heavy atom. The monoisotopic (exact) mass is 273 g/mol. The zero-order valence-electron chi connectivity index (χ0n) is 12.6. The van der Waals surface area contributed by atoms with Gasteiger partial charge in [0.1, 0.15) is 0 Å². The summed E-state index contributed by atoms with van der Waals surface area (Å²) in [6.07, 6.45) is 0.525. The van der Waals surface area contributed by atoms with E-state index >= 15 is 0 Å². The molecule has 0 atom stereocenters. The molecule has 4 nitrogen and oxygen atoms in total. The van der Waals surface area contributed by atoms with E-state index in [-0.39, 0.29) is 5.91 Å². The topological polar surface area (TPSA) is 56.1 Å². The zero-order chi connectivity index (χ0) is 15.0. The van der Waals surface area contributed by atoms with Crippen LogP contribution >= 0.6 is 0 Å². The normalized spacial score (nSPS) is 10.1. The van der Waals surface area contributed by atoms with Crippen molar-refractivity contribution in [1.29, 1.82) is 5.26 Å². The average molecular weight is 273 g/mol. The third kappa shape index (κ3) is 4.67. The number of hydrogen-bond donors (Lipinski definition) is 1. The fraction of sp³-hybridized carbons (Fsp3) is 0.500. The van der Waals surface area contributed by atoms with Gasteiger partial charge in [0.25, 0.3) is 0 Å². The summed E-state index contributed by atoms with van der Waals surface area (Å²) in [6, 6.07) is 7.81. The predicted octanol–water partition coefficient (Wildman–Crippen LogP) is 2.21. The van der Waals surface area contributed by atoms with Gasteiger partial charge in [-0.05, 0) is 44.0 Å². The van der Waals surface area contributed by atoms with Crippen molar-refractivity contribution in [3.63, 3.8) is 0 Å². The number of aryl methyl sites for hydroxylation is 1. The summed E-state index contributed by atoms with van der Waals surface area (Å²) in [4.78, 5) is 13.7. The van der Waals surface area contributed by atoms with E-state index in [4.69, 9.17) is 5.26 Å². The Morgan fingerprint density at radius 1 is 1.35 bits per heavy atom. The summed E-state index contributed by atoms with van der Waals surface area (Å²) in [5.74, 6) is 0.194. The molecule has 0 spiro atoms. The summed E-state index contributed by atoms with van der Waals surface area (Å²) in [6.45, 7) is 8.93. The van der Waals surface area contributed by atoms with E-state index in [2.05, 4.69) is 11.4 Å². The van der Waals surface area contributed by atoms with Crippen LogP contribution in [0, 0.1) is 18.3 Å². The number of rotatable bonds is 7. The molecule has 0 heterocycles. The van der Waals surface area contributed by atoms with Gasteiger partial charge in [-0.15, -0.1) is 0 Å². The minimum Gasteiger partial charge on any atom is -0.343 e. The summed E-state index contributed by atoms with van der Waals surface area (Å²) in [7, 11) is 0. The second kappa shape index (κ2) is 8.34. The molecule has 0 aliphatic heterocycles. The van der Waals surface area contributed by atoms with Gasteiger partial charge >= 0.3 is 0 Å². The van der Waals surface area contributed by atoms with Crippen LogP contribution in [-0.4, -0.2) is 30.4 Å². The van der Waals surface area contributed by atoms with E-state index in [1.165, 1.54) is 5.56 Å². The molecular weight excluding hydrogens is 250 g/mol. The molecule has 1 N–H and O–H groups in total. The molecule has 4 heteroatoms. The molecular formula is C16H23N3O. The van der Waals surface area contributed by atoms with Crippen molar-refractivity contribution in [3.8, 4) is 6.07 Å². The van der Waals surface area contributed by atoms with Crippen LogP contribution in [0.3, 0.4) is 0 Å². The highest BCUT2D eigenvalue weighted by Crippen LogP contribution is 2.10. The molecule has 0 unspecified atom stereocenters. The van der Waals surface area contributed by atoms with Crippen LogP contribution in [0.5, 0.6) is 0 Å². The molecule has 1 aromatic carbocycles. The van der Waals surface area contributed by atoms with Gasteiger partial charge in [0, 0.05) is 32.6 Å². The highest BCUT2D eigenvalue weighted by Gasteiger charge is 2.08. The fourth-order valence-corrected chi connectivity index (χ4v) is 2.12. The highest BCUT2D eigenvalue weighted by molar-refractivity contribution is 5.76. The van der Waals surface area contributed by atoms with Gasteiger partial charge in [0.2, 0.25) is 5.91 Å². The number of nitrogens with zero attached hydrogens (tertiary/aromatic N) is 2. The second-order valence-corrected chi connectivity index (χ2v) is 4.75. The number of carbonyl (C=O) groups excluding carboxylic acids is 1. The predicted molar refractivity (Wildman–Crippen MR) is 80.1 cm³/mol. The van der Waals surface area contributed by atoms with Crippen molar-refractivity contribution in [2.75, 3.05) is 19.6 Å². The lowest BCUT2D eigenvalue weighted by molar-refractivity contribution is -0.130. The molecule has 1 aromatic rings. The molecule has 0 aromatic heterocycles. The van der Waals surface area contributed by atoms with E-state index in [0.717, 1.165) is 25.2 Å².